The van der Waals surface area contributed by atoms with Gasteiger partial charge in [0.1, 0.15) is 0 Å². The van der Waals surface area contributed by atoms with E-state index in [4.69, 9.17) is 27.6 Å². The van der Waals surface area contributed by atoms with Crippen LogP contribution < -0.4 is 10.2 Å². The predicted molar refractivity (Wildman–Crippen MR) is 95.4 cm³/mol. The molecule has 156 valence electrons. The van der Waals surface area contributed by atoms with Crippen LogP contribution in [0.3, 0.4) is 0 Å². The lowest BCUT2D eigenvalue weighted by atomic mass is 9.93. The molecule has 12 heteroatoms. The summed E-state index contributed by atoms with van der Waals surface area (Å²) < 4.78 is 58.3. The first-order valence-electron chi connectivity index (χ1n) is 9.50. The first kappa shape index (κ1) is 20.4. The van der Waals surface area contributed by atoms with Gasteiger partial charge in [-0.25, -0.2) is 19.3 Å². The fourth-order valence-electron chi connectivity index (χ4n) is 3.43. The van der Waals surface area contributed by atoms with Crippen molar-refractivity contribution in [1.29, 1.82) is 0 Å². The van der Waals surface area contributed by atoms with Gasteiger partial charge in [0, 0.05) is 26.3 Å². The van der Waals surface area contributed by atoms with Gasteiger partial charge < -0.3 is 9.47 Å². The van der Waals surface area contributed by atoms with Crippen molar-refractivity contribution in [2.24, 2.45) is 5.41 Å². The van der Waals surface area contributed by atoms with Crippen molar-refractivity contribution >= 4 is 15.5 Å². The van der Waals surface area contributed by atoms with Crippen LogP contribution in [0.2, 0.25) is 0 Å². The molecule has 2 N–H and O–H groups in total. The summed E-state index contributed by atoms with van der Waals surface area (Å²) in [5.74, 6) is 0. The normalized spacial score (nSPS) is 45.5. The maximum absolute atomic E-state index is 12.6. The Kier molecular flexibility index (Phi) is 6.41. The lowest BCUT2D eigenvalue weighted by molar-refractivity contribution is -0.0725. The highest BCUT2D eigenvalue weighted by molar-refractivity contribution is 7.52. The maximum atomic E-state index is 12.6. The molecular formula is C15H28N2O8P2. The minimum atomic E-state index is -3.36. The van der Waals surface area contributed by atoms with Crippen LogP contribution in [0.25, 0.3) is 0 Å². The molecular weight excluding hydrogens is 398 g/mol. The zero-order valence-corrected chi connectivity index (χ0v) is 17.1. The number of ether oxygens (including phenoxy) is 2. The average molecular weight is 426 g/mol. The SMILES string of the molecule is O=P1(NC[C@@H]2CCCO2)OCC2(CO1)COP(=O)(NC[C@@H]1CCCO1)OC2. The highest BCUT2D eigenvalue weighted by Gasteiger charge is 2.49. The first-order valence-corrected chi connectivity index (χ1v) is 12.6. The highest BCUT2D eigenvalue weighted by Crippen LogP contribution is 2.56. The van der Waals surface area contributed by atoms with E-state index >= 15 is 0 Å². The summed E-state index contributed by atoms with van der Waals surface area (Å²) in [5.41, 5.74) is -0.612. The molecule has 4 fully saturated rings. The molecule has 4 heterocycles. The highest BCUT2D eigenvalue weighted by atomic mass is 31.2. The van der Waals surface area contributed by atoms with E-state index in [1.807, 2.05) is 0 Å². The van der Waals surface area contributed by atoms with E-state index in [0.717, 1.165) is 38.9 Å². The standard InChI is InChI=1S/C15H28N2O8P2/c18-26(16-7-13-3-1-5-20-13)22-9-15(10-23-26)11-24-27(19,25-12-15)17-8-14-4-2-6-21-14/h13-14H,1-12H2,(H,16,18)(H,17,19)/t13-,14-,15?,26?,27?/m0/s1. The van der Waals surface area contributed by atoms with Crippen molar-refractivity contribution in [2.75, 3.05) is 52.7 Å². The predicted octanol–water partition coefficient (Wildman–Crippen LogP) is 1.82. The molecule has 0 radical (unpaired) electrons. The summed E-state index contributed by atoms with van der Waals surface area (Å²) in [6.07, 6.45) is 3.98. The van der Waals surface area contributed by atoms with Crippen LogP contribution in [0.4, 0.5) is 0 Å². The van der Waals surface area contributed by atoms with E-state index < -0.39 is 20.9 Å². The lowest BCUT2D eigenvalue weighted by Crippen LogP contribution is -2.48. The molecule has 2 atom stereocenters. The largest absolute Gasteiger partial charge is 0.405 e. The van der Waals surface area contributed by atoms with Crippen molar-refractivity contribution in [3.63, 3.8) is 0 Å². The molecule has 1 spiro atoms. The van der Waals surface area contributed by atoms with Gasteiger partial charge in [0.25, 0.3) is 0 Å². The molecule has 4 aliphatic rings. The summed E-state index contributed by atoms with van der Waals surface area (Å²) in [6.45, 7) is 2.92. The van der Waals surface area contributed by atoms with Gasteiger partial charge in [0.05, 0.1) is 44.1 Å². The molecule has 0 saturated carbocycles. The molecule has 4 rings (SSSR count). The third kappa shape index (κ3) is 5.20. The Morgan fingerprint density at radius 2 is 1.15 bits per heavy atom. The minimum absolute atomic E-state index is 0.0426. The smallest absolute Gasteiger partial charge is 0.377 e. The van der Waals surface area contributed by atoms with E-state index in [0.29, 0.717) is 13.1 Å². The van der Waals surface area contributed by atoms with Gasteiger partial charge in [0.15, 0.2) is 0 Å². The summed E-state index contributed by atoms with van der Waals surface area (Å²) in [4.78, 5) is 0. The van der Waals surface area contributed by atoms with Crippen LogP contribution >= 0.6 is 15.5 Å². The summed E-state index contributed by atoms with van der Waals surface area (Å²) in [7, 11) is -6.72. The zero-order chi connectivity index (χ0) is 18.8. The first-order chi connectivity index (χ1) is 13.0. The molecule has 27 heavy (non-hydrogen) atoms. The van der Waals surface area contributed by atoms with Crippen LogP contribution in [0.15, 0.2) is 0 Å². The summed E-state index contributed by atoms with van der Waals surface area (Å²) in [6, 6.07) is 0. The topological polar surface area (TPSA) is 114 Å². The quantitative estimate of drug-likeness (QED) is 0.610. The molecule has 0 aliphatic carbocycles. The molecule has 4 aliphatic heterocycles. The number of rotatable bonds is 6. The van der Waals surface area contributed by atoms with E-state index in [9.17, 15) is 9.13 Å². The van der Waals surface area contributed by atoms with E-state index in [1.54, 1.807) is 0 Å². The Labute approximate surface area is 159 Å². The average Bonchev–Trinajstić information content (AvgIpc) is 3.38. The maximum Gasteiger partial charge on any atom is 0.405 e. The summed E-state index contributed by atoms with van der Waals surface area (Å²) >= 11 is 0. The Hall–Kier alpha value is 0.140. The molecule has 0 aromatic heterocycles. The number of nitrogens with one attached hydrogen (secondary N) is 2. The molecule has 10 nitrogen and oxygen atoms in total. The molecule has 0 bridgehead atoms. The lowest BCUT2D eigenvalue weighted by Gasteiger charge is -2.42. The van der Waals surface area contributed by atoms with Crippen LogP contribution in [0.5, 0.6) is 0 Å². The van der Waals surface area contributed by atoms with Crippen LogP contribution in [0, 0.1) is 5.41 Å². The molecule has 0 amide bonds. The van der Waals surface area contributed by atoms with Crippen LogP contribution in [-0.4, -0.2) is 64.9 Å². The van der Waals surface area contributed by atoms with Gasteiger partial charge in [0.2, 0.25) is 0 Å². The minimum Gasteiger partial charge on any atom is -0.377 e. The number of hydrogen-bond acceptors (Lipinski definition) is 8. The van der Waals surface area contributed by atoms with Crippen molar-refractivity contribution < 1.29 is 36.7 Å². The van der Waals surface area contributed by atoms with Crippen molar-refractivity contribution in [3.8, 4) is 0 Å². The Morgan fingerprint density at radius 3 is 1.48 bits per heavy atom. The molecule has 0 unspecified atom stereocenters. The Bertz CT molecular complexity index is 529. The van der Waals surface area contributed by atoms with Gasteiger partial charge in [-0.3, -0.25) is 18.1 Å². The van der Waals surface area contributed by atoms with Gasteiger partial charge >= 0.3 is 15.5 Å². The fraction of sp³-hybridized carbons (Fsp3) is 1.00. The van der Waals surface area contributed by atoms with E-state index in [-0.39, 0.29) is 38.6 Å². The monoisotopic (exact) mass is 426 g/mol. The van der Waals surface area contributed by atoms with Gasteiger partial charge in [-0.15, -0.1) is 0 Å². The third-order valence-electron chi connectivity index (χ3n) is 5.24. The number of hydrogen-bond donors (Lipinski definition) is 2. The van der Waals surface area contributed by atoms with Crippen LogP contribution in [-0.2, 0) is 36.7 Å². The summed E-state index contributed by atoms with van der Waals surface area (Å²) in [5, 5.41) is 5.71. The second kappa shape index (κ2) is 8.48. The van der Waals surface area contributed by atoms with Crippen LogP contribution in [0.1, 0.15) is 25.7 Å². The molecule has 4 saturated heterocycles. The van der Waals surface area contributed by atoms with Gasteiger partial charge in [-0.2, -0.15) is 0 Å². The van der Waals surface area contributed by atoms with E-state index in [1.165, 1.54) is 0 Å². The van der Waals surface area contributed by atoms with E-state index in [2.05, 4.69) is 10.2 Å². The van der Waals surface area contributed by atoms with Crippen molar-refractivity contribution in [1.82, 2.24) is 10.2 Å². The third-order valence-corrected chi connectivity index (χ3v) is 8.25. The van der Waals surface area contributed by atoms with Gasteiger partial charge in [-0.1, -0.05) is 0 Å². The zero-order valence-electron chi connectivity index (χ0n) is 15.3. The van der Waals surface area contributed by atoms with Gasteiger partial charge in [-0.05, 0) is 25.7 Å². The van der Waals surface area contributed by atoms with Crippen molar-refractivity contribution in [3.05, 3.63) is 0 Å². The Balaban J connectivity index is 1.22. The fourth-order valence-corrected chi connectivity index (χ4v) is 6.58. The Morgan fingerprint density at radius 1 is 0.741 bits per heavy atom. The second-order valence-electron chi connectivity index (χ2n) is 7.58. The molecule has 0 aromatic carbocycles. The van der Waals surface area contributed by atoms with Crippen molar-refractivity contribution in [2.45, 2.75) is 37.9 Å². The molecule has 0 aromatic rings. The second-order valence-corrected chi connectivity index (χ2v) is 11.2.